The molecule has 0 radical (unpaired) electrons. The maximum atomic E-state index is 12.4. The molecule has 0 aliphatic rings. The third-order valence-electron chi connectivity index (χ3n) is 3.26. The Morgan fingerprint density at radius 1 is 1.17 bits per heavy atom. The molecular weight excluding hydrogens is 292 g/mol. The van der Waals surface area contributed by atoms with Crippen LogP contribution in [0.25, 0.3) is 5.82 Å². The van der Waals surface area contributed by atoms with E-state index < -0.39 is 0 Å². The van der Waals surface area contributed by atoms with Crippen LogP contribution in [0.2, 0.25) is 0 Å². The van der Waals surface area contributed by atoms with E-state index in [1.54, 1.807) is 35.3 Å². The minimum Gasteiger partial charge on any atom is -0.378 e. The number of amides is 1. The van der Waals surface area contributed by atoms with Crippen molar-refractivity contribution in [1.82, 2.24) is 19.7 Å². The molecule has 1 amide bonds. The minimum absolute atomic E-state index is 0.223. The van der Waals surface area contributed by atoms with Crippen LogP contribution in [0, 0.1) is 0 Å². The molecule has 7 heteroatoms. The molecule has 0 fully saturated rings. The standard InChI is InChI=1S/C16H16N6O/c1-21(2)13-6-3-5-12(9-13)16(23)20-14-10-15(18-11-17-14)22-8-4-7-19-22/h3-11H,1-2H3,(H,17,18,20,23). The lowest BCUT2D eigenvalue weighted by atomic mass is 10.2. The zero-order valence-corrected chi connectivity index (χ0v) is 12.8. The summed E-state index contributed by atoms with van der Waals surface area (Å²) in [5.74, 6) is 0.784. The number of anilines is 2. The van der Waals surface area contributed by atoms with E-state index in [1.165, 1.54) is 6.33 Å². The summed E-state index contributed by atoms with van der Waals surface area (Å²) in [5.41, 5.74) is 1.52. The molecule has 0 bridgehead atoms. The minimum atomic E-state index is -0.223. The second kappa shape index (κ2) is 6.27. The molecule has 3 rings (SSSR count). The van der Waals surface area contributed by atoms with Gasteiger partial charge in [-0.15, -0.1) is 0 Å². The first-order valence-corrected chi connectivity index (χ1v) is 7.04. The number of nitrogens with zero attached hydrogens (tertiary/aromatic N) is 5. The first-order valence-electron chi connectivity index (χ1n) is 7.04. The molecule has 3 aromatic rings. The van der Waals surface area contributed by atoms with Crippen molar-refractivity contribution in [2.24, 2.45) is 0 Å². The fourth-order valence-corrected chi connectivity index (χ4v) is 2.06. The number of carbonyl (C=O) groups excluding carboxylic acids is 1. The highest BCUT2D eigenvalue weighted by Crippen LogP contribution is 2.15. The number of hydrogen-bond acceptors (Lipinski definition) is 5. The molecule has 0 aliphatic carbocycles. The Morgan fingerprint density at radius 2 is 2.04 bits per heavy atom. The first kappa shape index (κ1) is 14.7. The van der Waals surface area contributed by atoms with Crippen LogP contribution < -0.4 is 10.2 Å². The Labute approximate surface area is 133 Å². The maximum absolute atomic E-state index is 12.4. The van der Waals surface area contributed by atoms with Crippen molar-refractivity contribution >= 4 is 17.4 Å². The topological polar surface area (TPSA) is 75.9 Å². The van der Waals surface area contributed by atoms with E-state index >= 15 is 0 Å². The summed E-state index contributed by atoms with van der Waals surface area (Å²) in [6, 6.07) is 10.8. The van der Waals surface area contributed by atoms with Crippen LogP contribution in [0.4, 0.5) is 11.5 Å². The Balaban J connectivity index is 1.80. The number of aromatic nitrogens is 4. The summed E-state index contributed by atoms with van der Waals surface area (Å²) in [5, 5.41) is 6.88. The van der Waals surface area contributed by atoms with Crippen LogP contribution in [0.15, 0.2) is 55.1 Å². The maximum Gasteiger partial charge on any atom is 0.256 e. The summed E-state index contributed by atoms with van der Waals surface area (Å²) in [6.45, 7) is 0. The molecule has 1 aromatic carbocycles. The lowest BCUT2D eigenvalue weighted by Crippen LogP contribution is -2.15. The van der Waals surface area contributed by atoms with E-state index in [4.69, 9.17) is 0 Å². The van der Waals surface area contributed by atoms with Crippen molar-refractivity contribution < 1.29 is 4.79 Å². The van der Waals surface area contributed by atoms with Crippen molar-refractivity contribution in [3.05, 3.63) is 60.7 Å². The summed E-state index contributed by atoms with van der Waals surface area (Å²) < 4.78 is 1.60. The van der Waals surface area contributed by atoms with E-state index in [1.807, 2.05) is 37.2 Å². The Morgan fingerprint density at radius 3 is 2.78 bits per heavy atom. The molecule has 116 valence electrons. The highest BCUT2D eigenvalue weighted by molar-refractivity contribution is 6.04. The van der Waals surface area contributed by atoms with Crippen molar-refractivity contribution in [2.45, 2.75) is 0 Å². The van der Waals surface area contributed by atoms with Crippen LogP contribution in [-0.4, -0.2) is 39.8 Å². The van der Waals surface area contributed by atoms with Crippen LogP contribution in [0.5, 0.6) is 0 Å². The van der Waals surface area contributed by atoms with Crippen LogP contribution in [0.3, 0.4) is 0 Å². The van der Waals surface area contributed by atoms with Crippen molar-refractivity contribution in [1.29, 1.82) is 0 Å². The van der Waals surface area contributed by atoms with E-state index in [0.717, 1.165) is 5.69 Å². The quantitative estimate of drug-likeness (QED) is 0.797. The van der Waals surface area contributed by atoms with Gasteiger partial charge in [-0.05, 0) is 24.3 Å². The van der Waals surface area contributed by atoms with Gasteiger partial charge in [0.05, 0.1) is 0 Å². The zero-order chi connectivity index (χ0) is 16.2. The predicted octanol–water partition coefficient (Wildman–Crippen LogP) is 1.98. The molecule has 23 heavy (non-hydrogen) atoms. The lowest BCUT2D eigenvalue weighted by molar-refractivity contribution is 0.102. The average molecular weight is 308 g/mol. The average Bonchev–Trinajstić information content (AvgIpc) is 3.10. The van der Waals surface area contributed by atoms with E-state index in [2.05, 4.69) is 20.4 Å². The number of benzene rings is 1. The molecule has 0 atom stereocenters. The molecule has 2 heterocycles. The van der Waals surface area contributed by atoms with Gasteiger partial charge >= 0.3 is 0 Å². The van der Waals surface area contributed by atoms with Gasteiger partial charge in [0.2, 0.25) is 0 Å². The van der Waals surface area contributed by atoms with Gasteiger partial charge in [0.15, 0.2) is 5.82 Å². The monoisotopic (exact) mass is 308 g/mol. The number of rotatable bonds is 4. The third-order valence-corrected chi connectivity index (χ3v) is 3.26. The predicted molar refractivity (Wildman–Crippen MR) is 87.9 cm³/mol. The summed E-state index contributed by atoms with van der Waals surface area (Å²) >= 11 is 0. The van der Waals surface area contributed by atoms with Crippen LogP contribution in [0.1, 0.15) is 10.4 Å². The van der Waals surface area contributed by atoms with Gasteiger partial charge in [-0.1, -0.05) is 6.07 Å². The van der Waals surface area contributed by atoms with E-state index in [9.17, 15) is 4.79 Å². The van der Waals surface area contributed by atoms with Crippen molar-refractivity contribution in [2.75, 3.05) is 24.3 Å². The normalized spacial score (nSPS) is 10.3. The van der Waals surface area contributed by atoms with E-state index in [-0.39, 0.29) is 5.91 Å². The van der Waals surface area contributed by atoms with Crippen LogP contribution >= 0.6 is 0 Å². The summed E-state index contributed by atoms with van der Waals surface area (Å²) in [4.78, 5) is 22.5. The van der Waals surface area contributed by atoms with Gasteiger partial charge in [0.1, 0.15) is 12.1 Å². The summed E-state index contributed by atoms with van der Waals surface area (Å²) in [6.07, 6.45) is 4.82. The Bertz CT molecular complexity index is 813. The van der Waals surface area contributed by atoms with Gasteiger partial charge in [-0.3, -0.25) is 4.79 Å². The fraction of sp³-hybridized carbons (Fsp3) is 0.125. The fourth-order valence-electron chi connectivity index (χ4n) is 2.06. The SMILES string of the molecule is CN(C)c1cccc(C(=O)Nc2cc(-n3cccn3)ncn2)c1. The van der Waals surface area contributed by atoms with Crippen LogP contribution in [-0.2, 0) is 0 Å². The van der Waals surface area contributed by atoms with Gasteiger partial charge in [-0.25, -0.2) is 14.6 Å². The number of hydrogen-bond donors (Lipinski definition) is 1. The van der Waals surface area contributed by atoms with Crippen molar-refractivity contribution in [3.63, 3.8) is 0 Å². The third kappa shape index (κ3) is 3.34. The van der Waals surface area contributed by atoms with Gasteiger partial charge in [0.25, 0.3) is 5.91 Å². The molecule has 0 saturated heterocycles. The van der Waals surface area contributed by atoms with Crippen molar-refractivity contribution in [3.8, 4) is 5.82 Å². The second-order valence-corrected chi connectivity index (χ2v) is 5.11. The smallest absolute Gasteiger partial charge is 0.256 e. The second-order valence-electron chi connectivity index (χ2n) is 5.11. The van der Waals surface area contributed by atoms with Gasteiger partial charge in [-0.2, -0.15) is 5.10 Å². The Kier molecular flexibility index (Phi) is 4.01. The largest absolute Gasteiger partial charge is 0.378 e. The lowest BCUT2D eigenvalue weighted by Gasteiger charge is -2.13. The highest BCUT2D eigenvalue weighted by Gasteiger charge is 2.09. The van der Waals surface area contributed by atoms with Gasteiger partial charge < -0.3 is 10.2 Å². The zero-order valence-electron chi connectivity index (χ0n) is 12.8. The molecule has 0 saturated carbocycles. The molecule has 7 nitrogen and oxygen atoms in total. The molecular formula is C16H16N6O. The molecule has 0 aliphatic heterocycles. The summed E-state index contributed by atoms with van der Waals surface area (Å²) in [7, 11) is 3.86. The highest BCUT2D eigenvalue weighted by atomic mass is 16.1. The number of nitrogens with one attached hydrogen (secondary N) is 1. The number of carbonyl (C=O) groups is 1. The molecule has 0 spiro atoms. The Hall–Kier alpha value is -3.22. The molecule has 1 N–H and O–H groups in total. The van der Waals surface area contributed by atoms with Gasteiger partial charge in [0, 0.05) is 43.8 Å². The van der Waals surface area contributed by atoms with E-state index in [0.29, 0.717) is 17.2 Å². The first-order chi connectivity index (χ1) is 11.1. The molecule has 0 unspecified atom stereocenters. The molecule has 2 aromatic heterocycles.